The van der Waals surface area contributed by atoms with Crippen molar-refractivity contribution in [2.75, 3.05) is 14.1 Å². The summed E-state index contributed by atoms with van der Waals surface area (Å²) in [5, 5.41) is 6.55. The monoisotopic (exact) mass is 366 g/mol. The van der Waals surface area contributed by atoms with Crippen molar-refractivity contribution in [2.45, 2.75) is 20.0 Å². The van der Waals surface area contributed by atoms with Crippen LogP contribution in [0.25, 0.3) is 0 Å². The molecule has 0 aliphatic rings. The maximum Gasteiger partial charge on any atom is 0.194 e. The predicted molar refractivity (Wildman–Crippen MR) is 92.7 cm³/mol. The zero-order valence-electron chi connectivity index (χ0n) is 12.4. The van der Waals surface area contributed by atoms with Crippen LogP contribution in [0.2, 0.25) is 0 Å². The first-order valence-corrected chi connectivity index (χ1v) is 8.33. The molecule has 0 aliphatic heterocycles. The van der Waals surface area contributed by atoms with Crippen LogP contribution >= 0.6 is 27.3 Å². The summed E-state index contributed by atoms with van der Waals surface area (Å²) < 4.78 is 1.09. The lowest BCUT2D eigenvalue weighted by Crippen LogP contribution is -2.38. The number of rotatable bonds is 4. The normalized spacial score (nSPS) is 11.5. The van der Waals surface area contributed by atoms with Crippen molar-refractivity contribution in [1.29, 1.82) is 0 Å². The van der Waals surface area contributed by atoms with Gasteiger partial charge in [-0.05, 0) is 24.6 Å². The minimum atomic E-state index is 0.743. The highest BCUT2D eigenvalue weighted by Gasteiger charge is 2.08. The smallest absolute Gasteiger partial charge is 0.194 e. The molecule has 0 radical (unpaired) electrons. The van der Waals surface area contributed by atoms with E-state index in [1.807, 2.05) is 26.1 Å². The second-order valence-electron chi connectivity index (χ2n) is 4.74. The molecule has 0 fully saturated rings. The largest absolute Gasteiger partial charge is 0.352 e. The average Bonchev–Trinajstić information content (AvgIpc) is 2.85. The molecule has 112 valence electrons. The Hall–Kier alpha value is -1.40. The van der Waals surface area contributed by atoms with Gasteiger partial charge in [-0.15, -0.1) is 11.3 Å². The van der Waals surface area contributed by atoms with Gasteiger partial charge in [0.2, 0.25) is 0 Å². The van der Waals surface area contributed by atoms with Crippen LogP contribution in [-0.4, -0.2) is 29.9 Å². The molecule has 1 aromatic carbocycles. The van der Waals surface area contributed by atoms with E-state index in [2.05, 4.69) is 53.6 Å². The van der Waals surface area contributed by atoms with E-state index in [0.29, 0.717) is 0 Å². The molecule has 0 aliphatic carbocycles. The van der Waals surface area contributed by atoms with Crippen molar-refractivity contribution in [3.8, 4) is 0 Å². The minimum Gasteiger partial charge on any atom is -0.352 e. The van der Waals surface area contributed by atoms with E-state index < -0.39 is 0 Å². The first-order chi connectivity index (χ1) is 10.1. The van der Waals surface area contributed by atoms with Gasteiger partial charge in [0.15, 0.2) is 5.96 Å². The van der Waals surface area contributed by atoms with E-state index >= 15 is 0 Å². The predicted octanol–water partition coefficient (Wildman–Crippen LogP) is 3.42. The van der Waals surface area contributed by atoms with E-state index in [9.17, 15) is 0 Å². The molecular formula is C15H19BrN4S. The number of benzene rings is 1. The Labute approximate surface area is 138 Å². The first-order valence-electron chi connectivity index (χ1n) is 6.65. The van der Waals surface area contributed by atoms with Crippen LogP contribution in [0.4, 0.5) is 0 Å². The van der Waals surface area contributed by atoms with Crippen LogP contribution in [0.3, 0.4) is 0 Å². The molecule has 1 aromatic heterocycles. The van der Waals surface area contributed by atoms with Gasteiger partial charge in [-0.3, -0.25) is 4.99 Å². The van der Waals surface area contributed by atoms with Gasteiger partial charge >= 0.3 is 0 Å². The Balaban J connectivity index is 1.93. The van der Waals surface area contributed by atoms with Gasteiger partial charge in [-0.1, -0.05) is 28.1 Å². The fourth-order valence-electron chi connectivity index (χ4n) is 2.01. The van der Waals surface area contributed by atoms with Gasteiger partial charge in [0.25, 0.3) is 0 Å². The molecule has 0 unspecified atom stereocenters. The van der Waals surface area contributed by atoms with E-state index in [1.165, 1.54) is 5.56 Å². The molecule has 21 heavy (non-hydrogen) atoms. The summed E-state index contributed by atoms with van der Waals surface area (Å²) in [5.41, 5.74) is 2.29. The Morgan fingerprint density at radius 2 is 2.29 bits per heavy atom. The van der Waals surface area contributed by atoms with Crippen molar-refractivity contribution in [2.24, 2.45) is 4.99 Å². The molecule has 0 amide bonds. The highest BCUT2D eigenvalue weighted by atomic mass is 79.9. The summed E-state index contributed by atoms with van der Waals surface area (Å²) in [6.07, 6.45) is 0. The number of nitrogens with zero attached hydrogens (tertiary/aromatic N) is 3. The molecule has 0 saturated carbocycles. The molecule has 0 saturated heterocycles. The minimum absolute atomic E-state index is 0.743. The lowest BCUT2D eigenvalue weighted by molar-refractivity contribution is 0.470. The molecule has 6 heteroatoms. The average molecular weight is 367 g/mol. The quantitative estimate of drug-likeness (QED) is 0.665. The fourth-order valence-corrected chi connectivity index (χ4v) is 3.06. The van der Waals surface area contributed by atoms with Gasteiger partial charge in [0.05, 0.1) is 17.2 Å². The highest BCUT2D eigenvalue weighted by Crippen LogP contribution is 2.12. The molecule has 1 N–H and O–H groups in total. The molecule has 4 nitrogen and oxygen atoms in total. The van der Waals surface area contributed by atoms with Crippen molar-refractivity contribution < 1.29 is 0 Å². The van der Waals surface area contributed by atoms with E-state index in [-0.39, 0.29) is 0 Å². The zero-order chi connectivity index (χ0) is 15.2. The number of nitrogens with one attached hydrogen (secondary N) is 1. The molecule has 0 atom stereocenters. The summed E-state index contributed by atoms with van der Waals surface area (Å²) in [6.45, 7) is 3.52. The summed E-state index contributed by atoms with van der Waals surface area (Å²) in [4.78, 5) is 10.9. The second kappa shape index (κ2) is 7.56. The Morgan fingerprint density at radius 3 is 2.90 bits per heavy atom. The van der Waals surface area contributed by atoms with Crippen LogP contribution < -0.4 is 5.32 Å². The number of aliphatic imine (C=N–C) groups is 1. The van der Waals surface area contributed by atoms with Crippen LogP contribution in [0.15, 0.2) is 39.1 Å². The van der Waals surface area contributed by atoms with Gasteiger partial charge in [0, 0.05) is 30.5 Å². The van der Waals surface area contributed by atoms with Gasteiger partial charge in [-0.25, -0.2) is 4.98 Å². The maximum absolute atomic E-state index is 4.49. The number of thiazole rings is 1. The van der Waals surface area contributed by atoms with E-state index in [0.717, 1.165) is 34.2 Å². The third-order valence-electron chi connectivity index (χ3n) is 2.98. The molecule has 0 spiro atoms. The van der Waals surface area contributed by atoms with E-state index in [1.54, 1.807) is 18.4 Å². The van der Waals surface area contributed by atoms with Crippen molar-refractivity contribution >= 4 is 33.2 Å². The van der Waals surface area contributed by atoms with Gasteiger partial charge in [0.1, 0.15) is 0 Å². The topological polar surface area (TPSA) is 40.5 Å². The van der Waals surface area contributed by atoms with Crippen LogP contribution in [0.5, 0.6) is 0 Å². The number of aryl methyl sites for hydroxylation is 1. The van der Waals surface area contributed by atoms with Crippen LogP contribution in [-0.2, 0) is 13.1 Å². The van der Waals surface area contributed by atoms with Crippen molar-refractivity contribution in [3.63, 3.8) is 0 Å². The summed E-state index contributed by atoms with van der Waals surface area (Å²) >= 11 is 5.16. The van der Waals surface area contributed by atoms with Crippen LogP contribution in [0, 0.1) is 6.92 Å². The molecule has 1 heterocycles. The molecule has 2 aromatic rings. The zero-order valence-corrected chi connectivity index (χ0v) is 14.8. The third kappa shape index (κ3) is 4.82. The maximum atomic E-state index is 4.49. The number of guanidine groups is 1. The molecular weight excluding hydrogens is 348 g/mol. The van der Waals surface area contributed by atoms with Crippen LogP contribution in [0.1, 0.15) is 16.3 Å². The highest BCUT2D eigenvalue weighted by molar-refractivity contribution is 9.10. The van der Waals surface area contributed by atoms with Crippen molar-refractivity contribution in [3.05, 3.63) is 50.4 Å². The molecule has 2 rings (SSSR count). The van der Waals surface area contributed by atoms with Gasteiger partial charge in [-0.2, -0.15) is 0 Å². The summed E-state index contributed by atoms with van der Waals surface area (Å²) in [7, 11) is 3.82. The number of hydrogen-bond donors (Lipinski definition) is 1. The number of aromatic nitrogens is 1. The standard InChI is InChI=1S/C15H19BrN4S/c1-11-19-14(10-21-11)9-20(3)15(17-2)18-8-12-5-4-6-13(16)7-12/h4-7,10H,8-9H2,1-3H3,(H,17,18). The second-order valence-corrected chi connectivity index (χ2v) is 6.72. The van der Waals surface area contributed by atoms with Crippen molar-refractivity contribution in [1.82, 2.24) is 15.2 Å². The SMILES string of the molecule is CN=C(NCc1cccc(Br)c1)N(C)Cc1csc(C)n1. The Bertz CT molecular complexity index is 624. The Kier molecular flexibility index (Phi) is 5.76. The summed E-state index contributed by atoms with van der Waals surface area (Å²) in [5.74, 6) is 0.862. The third-order valence-corrected chi connectivity index (χ3v) is 4.29. The molecule has 0 bridgehead atoms. The Morgan fingerprint density at radius 1 is 1.48 bits per heavy atom. The number of halogens is 1. The fraction of sp³-hybridized carbons (Fsp3) is 0.333. The summed E-state index contributed by atoms with van der Waals surface area (Å²) in [6, 6.07) is 8.25. The lowest BCUT2D eigenvalue weighted by Gasteiger charge is -2.21. The number of hydrogen-bond acceptors (Lipinski definition) is 3. The van der Waals surface area contributed by atoms with E-state index in [4.69, 9.17) is 0 Å². The first kappa shape index (κ1) is 16.0. The lowest BCUT2D eigenvalue weighted by atomic mass is 10.2. The van der Waals surface area contributed by atoms with Gasteiger partial charge < -0.3 is 10.2 Å².